The number of esters is 1. The first-order chi connectivity index (χ1) is 18.8. The fourth-order valence-corrected chi connectivity index (χ4v) is 6.29. The Hall–Kier alpha value is -3.21. The highest BCUT2D eigenvalue weighted by Gasteiger charge is 2.27. The van der Waals surface area contributed by atoms with E-state index in [1.807, 2.05) is 31.3 Å². The quantitative estimate of drug-likeness (QED) is 0.296. The summed E-state index contributed by atoms with van der Waals surface area (Å²) in [5.74, 6) is -0.322. The van der Waals surface area contributed by atoms with E-state index in [0.29, 0.717) is 0 Å². The lowest BCUT2D eigenvalue weighted by atomic mass is 9.93. The van der Waals surface area contributed by atoms with Gasteiger partial charge in [0.1, 0.15) is 6.04 Å². The van der Waals surface area contributed by atoms with Gasteiger partial charge < -0.3 is 19.9 Å². The van der Waals surface area contributed by atoms with Crippen molar-refractivity contribution in [2.24, 2.45) is 5.92 Å². The van der Waals surface area contributed by atoms with Crippen molar-refractivity contribution in [3.63, 3.8) is 0 Å². The molecule has 1 aromatic heterocycles. The van der Waals surface area contributed by atoms with E-state index in [1.165, 1.54) is 38.5 Å². The number of piperidine rings is 1. The van der Waals surface area contributed by atoms with E-state index in [2.05, 4.69) is 26.0 Å². The minimum absolute atomic E-state index is 0.0290. The van der Waals surface area contributed by atoms with Crippen LogP contribution in [0.4, 0.5) is 0 Å². The lowest BCUT2D eigenvalue weighted by Gasteiger charge is -2.22. The summed E-state index contributed by atoms with van der Waals surface area (Å²) in [4.78, 5) is 25.3. The maximum atomic E-state index is 12.9. The number of ether oxygens (including phenoxy) is 1. The van der Waals surface area contributed by atoms with Crippen LogP contribution >= 0.6 is 0 Å². The van der Waals surface area contributed by atoms with E-state index >= 15 is 0 Å². The van der Waals surface area contributed by atoms with Gasteiger partial charge in [-0.05, 0) is 75.4 Å². The van der Waals surface area contributed by atoms with Crippen LogP contribution in [0.25, 0.3) is 10.9 Å². The Morgan fingerprint density at radius 3 is 2.54 bits per heavy atom. The highest BCUT2D eigenvalue weighted by atomic mass is 32.2. The van der Waals surface area contributed by atoms with Crippen molar-refractivity contribution in [3.8, 4) is 0 Å². The van der Waals surface area contributed by atoms with E-state index in [4.69, 9.17) is 4.74 Å². The van der Waals surface area contributed by atoms with Crippen LogP contribution in [-0.4, -0.2) is 57.6 Å². The van der Waals surface area contributed by atoms with E-state index < -0.39 is 22.0 Å². The molecule has 1 amide bonds. The third-order valence-corrected chi connectivity index (χ3v) is 8.80. The summed E-state index contributed by atoms with van der Waals surface area (Å²) in [5.41, 5.74) is 2.89. The van der Waals surface area contributed by atoms with Crippen molar-refractivity contribution in [2.45, 2.75) is 56.5 Å². The van der Waals surface area contributed by atoms with Crippen LogP contribution < -0.4 is 15.4 Å². The number of aromatic nitrogens is 1. The van der Waals surface area contributed by atoms with Gasteiger partial charge in [0.2, 0.25) is 15.9 Å². The molecule has 39 heavy (non-hydrogen) atoms. The van der Waals surface area contributed by atoms with Crippen LogP contribution in [0.5, 0.6) is 0 Å². The fraction of sp³-hybridized carbons (Fsp3) is 0.448. The topological polar surface area (TPSA) is 119 Å². The minimum atomic E-state index is -3.99. The minimum Gasteiger partial charge on any atom is -0.468 e. The van der Waals surface area contributed by atoms with E-state index in [-0.39, 0.29) is 23.8 Å². The molecule has 9 nitrogen and oxygen atoms in total. The highest BCUT2D eigenvalue weighted by Crippen LogP contribution is 2.24. The maximum Gasteiger partial charge on any atom is 0.325 e. The first-order valence-corrected chi connectivity index (χ1v) is 15.0. The molecule has 1 fully saturated rings. The number of nitrogens with one attached hydrogen (secondary N) is 3. The molecule has 3 aromatic rings. The van der Waals surface area contributed by atoms with Crippen LogP contribution in [0.1, 0.15) is 36.8 Å². The Labute approximate surface area is 230 Å². The van der Waals surface area contributed by atoms with E-state index in [0.717, 1.165) is 54.0 Å². The summed E-state index contributed by atoms with van der Waals surface area (Å²) in [6.45, 7) is 4.70. The van der Waals surface area contributed by atoms with Gasteiger partial charge in [-0.2, -0.15) is 4.72 Å². The third-order valence-electron chi connectivity index (χ3n) is 7.31. The smallest absolute Gasteiger partial charge is 0.325 e. The Bertz CT molecular complexity index is 1380. The molecule has 210 valence electrons. The van der Waals surface area contributed by atoms with E-state index in [9.17, 15) is 18.0 Å². The molecule has 0 spiro atoms. The van der Waals surface area contributed by atoms with Crippen LogP contribution in [0.3, 0.4) is 0 Å². The van der Waals surface area contributed by atoms with E-state index in [1.54, 1.807) is 12.1 Å². The number of benzene rings is 2. The van der Waals surface area contributed by atoms with Crippen molar-refractivity contribution in [1.29, 1.82) is 0 Å². The van der Waals surface area contributed by atoms with Gasteiger partial charge in [0.25, 0.3) is 0 Å². The van der Waals surface area contributed by atoms with Gasteiger partial charge in [0.05, 0.1) is 18.4 Å². The molecular weight excluding hydrogens is 516 g/mol. The fourth-order valence-electron chi connectivity index (χ4n) is 5.11. The number of fused-ring (bicyclic) bond motifs is 1. The Kier molecular flexibility index (Phi) is 9.77. The predicted molar refractivity (Wildman–Crippen MR) is 151 cm³/mol. The second kappa shape index (κ2) is 13.2. The van der Waals surface area contributed by atoms with Crippen LogP contribution in [0.2, 0.25) is 0 Å². The summed E-state index contributed by atoms with van der Waals surface area (Å²) in [6, 6.07) is 13.0. The number of rotatable bonds is 12. The maximum absolute atomic E-state index is 12.9. The monoisotopic (exact) mass is 554 g/mol. The summed E-state index contributed by atoms with van der Waals surface area (Å²) < 4.78 is 35.0. The second-order valence-corrected chi connectivity index (χ2v) is 11.9. The van der Waals surface area contributed by atoms with Crippen molar-refractivity contribution < 1.29 is 22.7 Å². The molecule has 10 heteroatoms. The number of hydrogen-bond donors (Lipinski definition) is 3. The molecule has 0 bridgehead atoms. The number of hydrogen-bond acceptors (Lipinski definition) is 6. The molecule has 1 saturated heterocycles. The zero-order valence-electron chi connectivity index (χ0n) is 22.6. The highest BCUT2D eigenvalue weighted by molar-refractivity contribution is 7.89. The number of sulfonamides is 1. The van der Waals surface area contributed by atoms with Gasteiger partial charge in [-0.3, -0.25) is 9.59 Å². The van der Waals surface area contributed by atoms with Crippen LogP contribution in [-0.2, 0) is 37.3 Å². The standard InChI is InChI=1S/C29H38N4O5S/c1-21-9-11-24(12-10-21)39(36,37)32-26(29(35)38-2)19-31-28(34)18-23-20-33(27-8-4-3-7-25(23)27)17-5-6-22-13-15-30-16-14-22/h3-4,7-12,20,22,26,30,32H,5-6,13-19H2,1-2H3,(H,31,34). The first kappa shape index (κ1) is 28.8. The Morgan fingerprint density at radius 1 is 1.10 bits per heavy atom. The molecule has 1 aliphatic heterocycles. The largest absolute Gasteiger partial charge is 0.468 e. The van der Waals surface area contributed by atoms with Gasteiger partial charge in [-0.1, -0.05) is 35.9 Å². The van der Waals surface area contributed by atoms with Crippen molar-refractivity contribution in [2.75, 3.05) is 26.7 Å². The first-order valence-electron chi connectivity index (χ1n) is 13.5. The van der Waals surface area contributed by atoms with Gasteiger partial charge >= 0.3 is 5.97 Å². The number of carbonyl (C=O) groups is 2. The molecule has 0 saturated carbocycles. The second-order valence-electron chi connectivity index (χ2n) is 10.2. The Morgan fingerprint density at radius 2 is 1.82 bits per heavy atom. The van der Waals surface area contributed by atoms with Gasteiger partial charge in [-0.25, -0.2) is 8.42 Å². The normalized spacial score (nSPS) is 15.2. The number of methoxy groups -OCH3 is 1. The lowest BCUT2D eigenvalue weighted by Crippen LogP contribution is -2.49. The summed E-state index contributed by atoms with van der Waals surface area (Å²) in [7, 11) is -2.81. The SMILES string of the molecule is COC(=O)C(CNC(=O)Cc1cn(CCCC2CCNCC2)c2ccccc12)NS(=O)(=O)c1ccc(C)cc1. The molecule has 1 unspecified atom stereocenters. The molecule has 4 rings (SSSR count). The van der Waals surface area contributed by atoms with Gasteiger partial charge in [0, 0.05) is 30.2 Å². The number of aryl methyl sites for hydroxylation is 2. The molecular formula is C29H38N4O5S. The van der Waals surface area contributed by atoms with Gasteiger partial charge in [-0.15, -0.1) is 0 Å². The average molecular weight is 555 g/mol. The molecule has 3 N–H and O–H groups in total. The van der Waals surface area contributed by atoms with Gasteiger partial charge in [0.15, 0.2) is 0 Å². The van der Waals surface area contributed by atoms with Crippen LogP contribution in [0.15, 0.2) is 59.6 Å². The zero-order chi connectivity index (χ0) is 27.8. The molecule has 2 aromatic carbocycles. The summed E-state index contributed by atoms with van der Waals surface area (Å²) in [5, 5.41) is 7.13. The molecule has 1 aliphatic rings. The lowest BCUT2D eigenvalue weighted by molar-refractivity contribution is -0.142. The number of nitrogens with zero attached hydrogens (tertiary/aromatic N) is 1. The average Bonchev–Trinajstić information content (AvgIpc) is 3.28. The number of carbonyl (C=O) groups excluding carboxylic acids is 2. The molecule has 0 radical (unpaired) electrons. The molecule has 1 atom stereocenters. The van der Waals surface area contributed by atoms with Crippen molar-refractivity contribution >= 4 is 32.8 Å². The summed E-state index contributed by atoms with van der Waals surface area (Å²) >= 11 is 0. The zero-order valence-corrected chi connectivity index (χ0v) is 23.4. The predicted octanol–water partition coefficient (Wildman–Crippen LogP) is 2.91. The third kappa shape index (κ3) is 7.68. The van der Waals surface area contributed by atoms with Crippen molar-refractivity contribution in [1.82, 2.24) is 19.9 Å². The number of amides is 1. The number of para-hydroxylation sites is 1. The molecule has 2 heterocycles. The van der Waals surface area contributed by atoms with Crippen LogP contribution in [0, 0.1) is 12.8 Å². The molecule has 0 aliphatic carbocycles. The Balaban J connectivity index is 1.38. The summed E-state index contributed by atoms with van der Waals surface area (Å²) in [6.07, 6.45) is 6.87. The van der Waals surface area contributed by atoms with Crippen molar-refractivity contribution in [3.05, 3.63) is 65.9 Å².